The summed E-state index contributed by atoms with van der Waals surface area (Å²) in [4.78, 5) is 15.3. The van der Waals surface area contributed by atoms with Gasteiger partial charge in [-0.25, -0.2) is 4.68 Å². The fraction of sp³-hybridized carbons (Fsp3) is 0.118. The summed E-state index contributed by atoms with van der Waals surface area (Å²) in [6.45, 7) is 0.466. The molecule has 0 unspecified atom stereocenters. The van der Waals surface area contributed by atoms with Gasteiger partial charge in [-0.05, 0) is 36.4 Å². The lowest BCUT2D eigenvalue weighted by Gasteiger charge is -2.08. The third-order valence-electron chi connectivity index (χ3n) is 3.53. The molecule has 1 aromatic carbocycles. The Kier molecular flexibility index (Phi) is 4.42. The summed E-state index contributed by atoms with van der Waals surface area (Å²) >= 11 is 0. The lowest BCUT2D eigenvalue weighted by molar-refractivity contribution is 0.100. The summed E-state index contributed by atoms with van der Waals surface area (Å²) in [5.41, 5.74) is 8.09. The Balaban J connectivity index is 1.71. The number of methoxy groups -OCH3 is 1. The van der Waals surface area contributed by atoms with Crippen LogP contribution in [-0.4, -0.2) is 27.8 Å². The number of rotatable bonds is 6. The maximum Gasteiger partial charge on any atom is 0.252 e. The Bertz CT molecular complexity index is 842. The molecule has 24 heavy (non-hydrogen) atoms. The average molecular weight is 323 g/mol. The number of nitrogens with two attached hydrogens (primary N) is 1. The van der Waals surface area contributed by atoms with Gasteiger partial charge in [0.2, 0.25) is 0 Å². The van der Waals surface area contributed by atoms with Gasteiger partial charge < -0.3 is 15.8 Å². The molecule has 7 heteroatoms. The Labute approximate surface area is 139 Å². The van der Waals surface area contributed by atoms with E-state index in [1.165, 1.54) is 6.20 Å². The zero-order chi connectivity index (χ0) is 16.9. The molecule has 0 radical (unpaired) electrons. The van der Waals surface area contributed by atoms with Crippen LogP contribution in [0.2, 0.25) is 0 Å². The normalized spacial score (nSPS) is 10.4. The van der Waals surface area contributed by atoms with E-state index >= 15 is 0 Å². The number of anilines is 1. The molecular weight excluding hydrogens is 306 g/mol. The number of amides is 1. The maximum absolute atomic E-state index is 11.4. The zero-order valence-electron chi connectivity index (χ0n) is 13.1. The van der Waals surface area contributed by atoms with Crippen LogP contribution in [0.5, 0.6) is 5.75 Å². The third kappa shape index (κ3) is 3.35. The van der Waals surface area contributed by atoms with Crippen molar-refractivity contribution in [2.75, 3.05) is 12.4 Å². The van der Waals surface area contributed by atoms with Gasteiger partial charge in [0.05, 0.1) is 36.3 Å². The molecule has 0 spiro atoms. The van der Waals surface area contributed by atoms with Crippen molar-refractivity contribution < 1.29 is 9.53 Å². The van der Waals surface area contributed by atoms with Crippen molar-refractivity contribution in [2.24, 2.45) is 5.73 Å². The second-order valence-corrected chi connectivity index (χ2v) is 5.09. The van der Waals surface area contributed by atoms with E-state index in [-0.39, 0.29) is 0 Å². The lowest BCUT2D eigenvalue weighted by Crippen LogP contribution is -2.14. The Morgan fingerprint density at radius 2 is 2.04 bits per heavy atom. The number of aromatic nitrogens is 3. The third-order valence-corrected chi connectivity index (χ3v) is 3.53. The lowest BCUT2D eigenvalue weighted by atomic mass is 10.2. The molecule has 3 aromatic rings. The first kappa shape index (κ1) is 15.5. The molecule has 0 aliphatic heterocycles. The topological polar surface area (TPSA) is 95.1 Å². The average Bonchev–Trinajstić information content (AvgIpc) is 3.09. The summed E-state index contributed by atoms with van der Waals surface area (Å²) in [7, 11) is 1.63. The Hall–Kier alpha value is -3.35. The standard InChI is InChI=1S/C17H17N5O2/c1-24-14-4-2-13(3-5-14)22-9-7-12(21-22)10-20-16-6-8-19-11-15(16)17(18)23/h2-9,11H,10H2,1H3,(H2,18,23)(H,19,20). The molecular formula is C17H17N5O2. The van der Waals surface area contributed by atoms with Crippen LogP contribution in [0.25, 0.3) is 5.69 Å². The maximum atomic E-state index is 11.4. The quantitative estimate of drug-likeness (QED) is 0.723. The van der Waals surface area contributed by atoms with Gasteiger partial charge in [-0.1, -0.05) is 0 Å². The van der Waals surface area contributed by atoms with E-state index in [4.69, 9.17) is 10.5 Å². The Morgan fingerprint density at radius 3 is 2.75 bits per heavy atom. The van der Waals surface area contributed by atoms with Gasteiger partial charge in [0.1, 0.15) is 5.75 Å². The monoisotopic (exact) mass is 323 g/mol. The largest absolute Gasteiger partial charge is 0.497 e. The van der Waals surface area contributed by atoms with Gasteiger partial charge in [-0.15, -0.1) is 0 Å². The summed E-state index contributed by atoms with van der Waals surface area (Å²) in [6, 6.07) is 11.2. The second kappa shape index (κ2) is 6.82. The summed E-state index contributed by atoms with van der Waals surface area (Å²) in [5, 5.41) is 7.66. The van der Waals surface area contributed by atoms with Crippen molar-refractivity contribution in [1.82, 2.24) is 14.8 Å². The minimum absolute atomic E-state index is 0.354. The van der Waals surface area contributed by atoms with Gasteiger partial charge >= 0.3 is 0 Å². The highest BCUT2D eigenvalue weighted by Crippen LogP contribution is 2.16. The van der Waals surface area contributed by atoms with E-state index in [2.05, 4.69) is 15.4 Å². The highest BCUT2D eigenvalue weighted by atomic mass is 16.5. The SMILES string of the molecule is COc1ccc(-n2ccc(CNc3ccncc3C(N)=O)n2)cc1. The zero-order valence-corrected chi connectivity index (χ0v) is 13.1. The van der Waals surface area contributed by atoms with Gasteiger partial charge in [-0.2, -0.15) is 5.10 Å². The van der Waals surface area contributed by atoms with Gasteiger partial charge in [0.15, 0.2) is 0 Å². The molecule has 0 saturated carbocycles. The molecule has 0 aliphatic rings. The van der Waals surface area contributed by atoms with Crippen LogP contribution in [0.3, 0.4) is 0 Å². The van der Waals surface area contributed by atoms with Gasteiger partial charge in [0, 0.05) is 18.6 Å². The smallest absolute Gasteiger partial charge is 0.252 e. The minimum atomic E-state index is -0.519. The summed E-state index contributed by atoms with van der Waals surface area (Å²) in [5.74, 6) is 0.277. The first-order chi connectivity index (χ1) is 11.7. The van der Waals surface area contributed by atoms with Gasteiger partial charge in [-0.3, -0.25) is 9.78 Å². The van der Waals surface area contributed by atoms with Crippen LogP contribution < -0.4 is 15.8 Å². The number of ether oxygens (including phenoxy) is 1. The molecule has 0 atom stereocenters. The minimum Gasteiger partial charge on any atom is -0.497 e. The second-order valence-electron chi connectivity index (χ2n) is 5.09. The van der Waals surface area contributed by atoms with Crippen LogP contribution in [0.15, 0.2) is 55.0 Å². The number of primary amides is 1. The number of carbonyl (C=O) groups excluding carboxylic acids is 1. The van der Waals surface area contributed by atoms with Crippen LogP contribution in [0.1, 0.15) is 16.1 Å². The predicted octanol–water partition coefficient (Wildman–Crippen LogP) is 1.99. The van der Waals surface area contributed by atoms with E-state index in [0.29, 0.717) is 17.8 Å². The molecule has 7 nitrogen and oxygen atoms in total. The molecule has 0 aliphatic carbocycles. The first-order valence-corrected chi connectivity index (χ1v) is 7.34. The summed E-state index contributed by atoms with van der Waals surface area (Å²) < 4.78 is 6.92. The number of benzene rings is 1. The number of nitrogens with zero attached hydrogens (tertiary/aromatic N) is 3. The van der Waals surface area contributed by atoms with Crippen molar-refractivity contribution in [1.29, 1.82) is 0 Å². The molecule has 3 N–H and O–H groups in total. The van der Waals surface area contributed by atoms with Crippen molar-refractivity contribution in [3.05, 3.63) is 66.2 Å². The molecule has 1 amide bonds. The molecule has 2 aromatic heterocycles. The predicted molar refractivity (Wildman–Crippen MR) is 90.2 cm³/mol. The number of hydrogen-bond donors (Lipinski definition) is 2. The van der Waals surface area contributed by atoms with Gasteiger partial charge in [0.25, 0.3) is 5.91 Å². The molecule has 0 saturated heterocycles. The molecule has 0 fully saturated rings. The van der Waals surface area contributed by atoms with Crippen LogP contribution in [0, 0.1) is 0 Å². The number of hydrogen-bond acceptors (Lipinski definition) is 5. The summed E-state index contributed by atoms with van der Waals surface area (Å²) in [6.07, 6.45) is 4.92. The van der Waals surface area contributed by atoms with Crippen LogP contribution in [0.4, 0.5) is 5.69 Å². The fourth-order valence-corrected chi connectivity index (χ4v) is 2.27. The molecule has 3 rings (SSSR count). The number of pyridine rings is 1. The molecule has 2 heterocycles. The highest BCUT2D eigenvalue weighted by Gasteiger charge is 2.08. The first-order valence-electron chi connectivity index (χ1n) is 7.34. The van der Waals surface area contributed by atoms with Crippen molar-refractivity contribution in [3.8, 4) is 11.4 Å². The van der Waals surface area contributed by atoms with E-state index < -0.39 is 5.91 Å². The Morgan fingerprint density at radius 1 is 1.25 bits per heavy atom. The molecule has 0 bridgehead atoms. The van der Waals surface area contributed by atoms with Crippen LogP contribution >= 0.6 is 0 Å². The van der Waals surface area contributed by atoms with E-state index in [1.807, 2.05) is 36.5 Å². The number of nitrogens with one attached hydrogen (secondary N) is 1. The van der Waals surface area contributed by atoms with Crippen molar-refractivity contribution in [3.63, 3.8) is 0 Å². The fourth-order valence-electron chi connectivity index (χ4n) is 2.27. The van der Waals surface area contributed by atoms with Crippen molar-refractivity contribution >= 4 is 11.6 Å². The van der Waals surface area contributed by atoms with E-state index in [1.54, 1.807) is 24.1 Å². The molecule has 122 valence electrons. The van der Waals surface area contributed by atoms with Crippen LogP contribution in [-0.2, 0) is 6.54 Å². The van der Waals surface area contributed by atoms with Crippen molar-refractivity contribution in [2.45, 2.75) is 6.54 Å². The van der Waals surface area contributed by atoms with E-state index in [9.17, 15) is 4.79 Å². The van der Waals surface area contributed by atoms with E-state index in [0.717, 1.165) is 17.1 Å². The number of carbonyl (C=O) groups is 1. The highest BCUT2D eigenvalue weighted by molar-refractivity contribution is 5.98.